The second-order valence-corrected chi connectivity index (χ2v) is 7.62. The molecule has 0 spiro atoms. The van der Waals surface area contributed by atoms with E-state index in [9.17, 15) is 8.78 Å². The fourth-order valence-corrected chi connectivity index (χ4v) is 3.97. The van der Waals surface area contributed by atoms with Crippen LogP contribution < -0.4 is 4.90 Å². The Kier molecular flexibility index (Phi) is 4.90. The van der Waals surface area contributed by atoms with Crippen molar-refractivity contribution in [2.45, 2.75) is 45.7 Å². The minimum atomic E-state index is -2.28. The van der Waals surface area contributed by atoms with Crippen LogP contribution in [0.4, 0.5) is 14.7 Å². The molecule has 0 amide bonds. The number of rotatable bonds is 5. The van der Waals surface area contributed by atoms with Gasteiger partial charge in [0.25, 0.3) is 0 Å². The highest BCUT2D eigenvalue weighted by Gasteiger charge is 2.35. The molecule has 1 aromatic heterocycles. The summed E-state index contributed by atoms with van der Waals surface area (Å²) in [6.45, 7) is 4.88. The number of anilines is 1. The number of alkyl halides is 2. The topological polar surface area (TPSA) is 65.2 Å². The van der Waals surface area contributed by atoms with Crippen molar-refractivity contribution in [3.05, 3.63) is 17.7 Å². The second-order valence-electron chi connectivity index (χ2n) is 7.62. The predicted octanol–water partition coefficient (Wildman–Crippen LogP) is 2.06. The first-order chi connectivity index (χ1) is 13.3. The van der Waals surface area contributed by atoms with Gasteiger partial charge in [-0.3, -0.25) is 14.7 Å². The van der Waals surface area contributed by atoms with Crippen molar-refractivity contribution in [3.8, 4) is 0 Å². The van der Waals surface area contributed by atoms with Gasteiger partial charge in [0, 0.05) is 45.7 Å². The summed E-state index contributed by atoms with van der Waals surface area (Å²) in [5, 5.41) is 8.65. The smallest absolute Gasteiger partial charge is 0.244 e. The summed E-state index contributed by atoms with van der Waals surface area (Å²) in [6, 6.07) is 0. The van der Waals surface area contributed by atoms with Crippen LogP contribution in [0.5, 0.6) is 0 Å². The zero-order valence-corrected chi connectivity index (χ0v) is 16.7. The molecule has 1 fully saturated rings. The molecule has 4 rings (SSSR count). The van der Waals surface area contributed by atoms with E-state index < -0.39 is 12.3 Å². The second kappa shape index (κ2) is 7.23. The van der Waals surface area contributed by atoms with Crippen LogP contribution in [0.15, 0.2) is 21.9 Å². The number of aliphatic imine (C=N–C) groups is 2. The molecule has 1 saturated heterocycles. The number of halogens is 2. The molecule has 0 saturated carbocycles. The number of amidine groups is 1. The molecule has 0 N–H and O–H groups in total. The average Bonchev–Trinajstić information content (AvgIpc) is 3.35. The summed E-state index contributed by atoms with van der Waals surface area (Å²) < 4.78 is 27.6. The number of fused-ring (bicyclic) bond motifs is 1. The van der Waals surface area contributed by atoms with Crippen LogP contribution in [0.25, 0.3) is 0 Å². The van der Waals surface area contributed by atoms with Gasteiger partial charge < -0.3 is 4.90 Å². The third-order valence-corrected chi connectivity index (χ3v) is 5.65. The summed E-state index contributed by atoms with van der Waals surface area (Å²) in [5.74, 6) is 1.69. The lowest BCUT2D eigenvalue weighted by Gasteiger charge is -2.32. The van der Waals surface area contributed by atoms with Crippen LogP contribution in [0, 0.1) is 5.92 Å². The molecule has 0 aliphatic carbocycles. The number of aryl methyl sites for hydroxylation is 2. The van der Waals surface area contributed by atoms with E-state index in [4.69, 9.17) is 4.99 Å². The van der Waals surface area contributed by atoms with Crippen molar-refractivity contribution < 1.29 is 8.78 Å². The molecular formula is C18H26F2N8. The van der Waals surface area contributed by atoms with E-state index >= 15 is 0 Å². The maximum absolute atomic E-state index is 12.9. The van der Waals surface area contributed by atoms with Gasteiger partial charge in [0.1, 0.15) is 12.0 Å². The van der Waals surface area contributed by atoms with E-state index in [2.05, 4.69) is 25.1 Å². The summed E-state index contributed by atoms with van der Waals surface area (Å²) >= 11 is 0. The molecule has 2 atom stereocenters. The van der Waals surface area contributed by atoms with Crippen molar-refractivity contribution in [1.29, 1.82) is 0 Å². The minimum Gasteiger partial charge on any atom is -0.339 e. The van der Waals surface area contributed by atoms with Gasteiger partial charge in [0.05, 0.1) is 11.4 Å². The molecule has 28 heavy (non-hydrogen) atoms. The average molecular weight is 392 g/mol. The van der Waals surface area contributed by atoms with E-state index in [0.717, 1.165) is 29.5 Å². The van der Waals surface area contributed by atoms with E-state index in [0.29, 0.717) is 31.9 Å². The lowest BCUT2D eigenvalue weighted by Crippen LogP contribution is -2.44. The van der Waals surface area contributed by atoms with Gasteiger partial charge in [-0.15, -0.1) is 5.10 Å². The minimum absolute atomic E-state index is 0.00301. The number of hydrazine groups is 1. The van der Waals surface area contributed by atoms with E-state index in [1.165, 1.54) is 0 Å². The molecule has 152 valence electrons. The standard InChI is InChI=1S/C18H26F2N8/c1-11-9-21-12(2)17-22-15(26(4)28(11)17)6-5-14-23-18(24-25(14)3)27-8-7-13(10-27)16(19)20/h9,13,15-16H,5-8,10H2,1-4H3. The highest BCUT2D eigenvalue weighted by atomic mass is 19.3. The van der Waals surface area contributed by atoms with Gasteiger partial charge in [-0.1, -0.05) is 0 Å². The zero-order chi connectivity index (χ0) is 20.0. The Hall–Kier alpha value is -2.36. The molecule has 4 heterocycles. The molecule has 3 aliphatic heterocycles. The molecular weight excluding hydrogens is 366 g/mol. The van der Waals surface area contributed by atoms with Gasteiger partial charge in [0.2, 0.25) is 12.4 Å². The summed E-state index contributed by atoms with van der Waals surface area (Å²) in [7, 11) is 3.87. The maximum atomic E-state index is 12.9. The Balaban J connectivity index is 1.42. The monoisotopic (exact) mass is 392 g/mol. The van der Waals surface area contributed by atoms with Crippen LogP contribution in [0.2, 0.25) is 0 Å². The van der Waals surface area contributed by atoms with E-state index in [1.807, 2.05) is 39.0 Å². The van der Waals surface area contributed by atoms with Crippen LogP contribution in [-0.2, 0) is 13.5 Å². The molecule has 10 heteroatoms. The highest BCUT2D eigenvalue weighted by Crippen LogP contribution is 2.27. The number of allylic oxidation sites excluding steroid dienone is 1. The van der Waals surface area contributed by atoms with E-state index in [1.54, 1.807) is 4.68 Å². The van der Waals surface area contributed by atoms with Crippen molar-refractivity contribution in [3.63, 3.8) is 0 Å². The Morgan fingerprint density at radius 1 is 1.25 bits per heavy atom. The first-order valence-electron chi connectivity index (χ1n) is 9.60. The summed E-state index contributed by atoms with van der Waals surface area (Å²) in [6.07, 6.45) is 1.53. The van der Waals surface area contributed by atoms with Crippen LogP contribution in [0.1, 0.15) is 32.5 Å². The molecule has 0 bridgehead atoms. The molecule has 3 aliphatic rings. The van der Waals surface area contributed by atoms with Gasteiger partial charge in [-0.25, -0.2) is 13.8 Å². The zero-order valence-electron chi connectivity index (χ0n) is 16.7. The lowest BCUT2D eigenvalue weighted by molar-refractivity contribution is 0.0857. The van der Waals surface area contributed by atoms with Crippen molar-refractivity contribution in [2.75, 3.05) is 25.0 Å². The molecule has 1 aromatic rings. The van der Waals surface area contributed by atoms with Crippen LogP contribution in [0.3, 0.4) is 0 Å². The number of hydrogen-bond acceptors (Lipinski definition) is 7. The normalized spacial score (nSPS) is 25.3. The predicted molar refractivity (Wildman–Crippen MR) is 103 cm³/mol. The highest BCUT2D eigenvalue weighted by molar-refractivity contribution is 6.41. The van der Waals surface area contributed by atoms with Crippen LogP contribution in [-0.4, -0.2) is 69.1 Å². The van der Waals surface area contributed by atoms with Crippen LogP contribution >= 0.6 is 0 Å². The van der Waals surface area contributed by atoms with Gasteiger partial charge in [-0.05, 0) is 26.7 Å². The third-order valence-electron chi connectivity index (χ3n) is 5.65. The number of aromatic nitrogens is 3. The fourth-order valence-electron chi connectivity index (χ4n) is 3.97. The SMILES string of the molecule is CC1=CN=C(C)C2=NC(CCc3nc(N4CCC(C(F)F)C4)nn3C)N(C)N12. The van der Waals surface area contributed by atoms with Gasteiger partial charge >= 0.3 is 0 Å². The van der Waals surface area contributed by atoms with Crippen molar-refractivity contribution >= 4 is 17.5 Å². The fraction of sp³-hybridized carbons (Fsp3) is 0.667. The van der Waals surface area contributed by atoms with Gasteiger partial charge in [-0.2, -0.15) is 9.99 Å². The Morgan fingerprint density at radius 2 is 2.04 bits per heavy atom. The largest absolute Gasteiger partial charge is 0.339 e. The van der Waals surface area contributed by atoms with Crippen molar-refractivity contribution in [2.24, 2.45) is 23.0 Å². The molecule has 0 aromatic carbocycles. The maximum Gasteiger partial charge on any atom is 0.244 e. The number of nitrogens with zero attached hydrogens (tertiary/aromatic N) is 8. The first-order valence-corrected chi connectivity index (χ1v) is 9.60. The quantitative estimate of drug-likeness (QED) is 0.768. The Labute approximate surface area is 163 Å². The molecule has 0 radical (unpaired) electrons. The van der Waals surface area contributed by atoms with E-state index in [-0.39, 0.29) is 6.17 Å². The molecule has 8 nitrogen and oxygen atoms in total. The summed E-state index contributed by atoms with van der Waals surface area (Å²) in [5.41, 5.74) is 1.95. The van der Waals surface area contributed by atoms with Gasteiger partial charge in [0.15, 0.2) is 5.84 Å². The lowest BCUT2D eigenvalue weighted by atomic mass is 10.1. The summed E-state index contributed by atoms with van der Waals surface area (Å²) in [4.78, 5) is 15.7. The Morgan fingerprint density at radius 3 is 2.71 bits per heavy atom. The van der Waals surface area contributed by atoms with Crippen molar-refractivity contribution in [1.82, 2.24) is 24.8 Å². The Bertz CT molecular complexity index is 843. The third kappa shape index (κ3) is 3.30. The molecule has 2 unspecified atom stereocenters. The first kappa shape index (κ1) is 19.0. The number of hydrogen-bond donors (Lipinski definition) is 0.